The summed E-state index contributed by atoms with van der Waals surface area (Å²) in [5.41, 5.74) is 0.932. The first-order chi connectivity index (χ1) is 7.75. The van der Waals surface area contributed by atoms with Gasteiger partial charge in [0.05, 0.1) is 6.20 Å². The van der Waals surface area contributed by atoms with Gasteiger partial charge in [-0.05, 0) is 11.6 Å². The summed E-state index contributed by atoms with van der Waals surface area (Å²) in [6, 6.07) is 1.63. The minimum absolute atomic E-state index is 0.401. The Kier molecular flexibility index (Phi) is 3.98. The molecule has 0 amide bonds. The van der Waals surface area contributed by atoms with Crippen LogP contribution in [0.25, 0.3) is 0 Å². The smallest absolute Gasteiger partial charge is 0.130 e. The van der Waals surface area contributed by atoms with Crippen LogP contribution in [0.4, 0.5) is 0 Å². The summed E-state index contributed by atoms with van der Waals surface area (Å²) in [5.74, 6) is 0.696. The van der Waals surface area contributed by atoms with Crippen LogP contribution in [0.2, 0.25) is 10.2 Å². The molecule has 2 aromatic rings. The third kappa shape index (κ3) is 3.07. The van der Waals surface area contributed by atoms with Crippen LogP contribution < -0.4 is 0 Å². The van der Waals surface area contributed by atoms with Crippen LogP contribution in [0.15, 0.2) is 35.9 Å². The van der Waals surface area contributed by atoms with E-state index in [9.17, 15) is 0 Å². The Morgan fingerprint density at radius 1 is 1.12 bits per heavy atom. The van der Waals surface area contributed by atoms with Crippen molar-refractivity contribution in [2.24, 2.45) is 0 Å². The van der Waals surface area contributed by atoms with Gasteiger partial charge in [-0.2, -0.15) is 0 Å². The van der Waals surface area contributed by atoms with Gasteiger partial charge in [0.1, 0.15) is 10.2 Å². The third-order valence-electron chi connectivity index (χ3n) is 1.81. The largest absolute Gasteiger partial charge is 0.260 e. The normalized spacial score (nSPS) is 10.4. The number of aromatic nitrogens is 3. The number of nitrogens with zero attached hydrogens (tertiary/aromatic N) is 3. The van der Waals surface area contributed by atoms with Gasteiger partial charge in [0.15, 0.2) is 0 Å². The monoisotopic (exact) mass is 271 g/mol. The number of hydrogen-bond donors (Lipinski definition) is 0. The minimum Gasteiger partial charge on any atom is -0.260 e. The first-order valence-corrected chi connectivity index (χ1v) is 6.18. The molecule has 0 bridgehead atoms. The maximum Gasteiger partial charge on any atom is 0.130 e. The van der Waals surface area contributed by atoms with Crippen LogP contribution in [0.1, 0.15) is 5.56 Å². The second kappa shape index (κ2) is 5.48. The zero-order chi connectivity index (χ0) is 11.4. The van der Waals surface area contributed by atoms with Gasteiger partial charge in [0.25, 0.3) is 0 Å². The lowest BCUT2D eigenvalue weighted by Crippen LogP contribution is -1.87. The van der Waals surface area contributed by atoms with Crippen molar-refractivity contribution in [2.75, 3.05) is 0 Å². The van der Waals surface area contributed by atoms with Crippen molar-refractivity contribution >= 4 is 35.0 Å². The molecule has 16 heavy (non-hydrogen) atoms. The van der Waals surface area contributed by atoms with Crippen molar-refractivity contribution in [3.05, 3.63) is 46.6 Å². The molecule has 0 atom stereocenters. The number of pyridine rings is 1. The summed E-state index contributed by atoms with van der Waals surface area (Å²) in [6.45, 7) is 0. The second-order valence-electron chi connectivity index (χ2n) is 2.93. The third-order valence-corrected chi connectivity index (χ3v) is 3.33. The van der Waals surface area contributed by atoms with E-state index in [0.717, 1.165) is 10.6 Å². The van der Waals surface area contributed by atoms with E-state index in [1.54, 1.807) is 42.6 Å². The van der Waals surface area contributed by atoms with E-state index < -0.39 is 0 Å². The lowest BCUT2D eigenvalue weighted by atomic mass is 10.3. The molecule has 0 aromatic carbocycles. The Hall–Kier alpha value is -0.840. The quantitative estimate of drug-likeness (QED) is 0.633. The Morgan fingerprint density at radius 2 is 2.00 bits per heavy atom. The summed E-state index contributed by atoms with van der Waals surface area (Å²) >= 11 is 13.3. The SMILES string of the molecule is Clc1cc(Cl)c(CSc2cnccn2)cn1. The summed E-state index contributed by atoms with van der Waals surface area (Å²) in [5, 5.41) is 1.88. The van der Waals surface area contributed by atoms with E-state index >= 15 is 0 Å². The fourth-order valence-electron chi connectivity index (χ4n) is 1.05. The lowest BCUT2D eigenvalue weighted by molar-refractivity contribution is 1.05. The molecule has 0 N–H and O–H groups in total. The molecule has 3 nitrogen and oxygen atoms in total. The Balaban J connectivity index is 2.05. The molecule has 0 unspecified atom stereocenters. The predicted molar refractivity (Wildman–Crippen MR) is 65.9 cm³/mol. The maximum absolute atomic E-state index is 6.02. The molecule has 0 saturated heterocycles. The minimum atomic E-state index is 0.401. The second-order valence-corrected chi connectivity index (χ2v) is 4.72. The van der Waals surface area contributed by atoms with Crippen LogP contribution in [0.3, 0.4) is 0 Å². The van der Waals surface area contributed by atoms with Gasteiger partial charge >= 0.3 is 0 Å². The van der Waals surface area contributed by atoms with E-state index in [-0.39, 0.29) is 0 Å². The van der Waals surface area contributed by atoms with Crippen molar-refractivity contribution in [1.29, 1.82) is 0 Å². The fraction of sp³-hybridized carbons (Fsp3) is 0.100. The molecular weight excluding hydrogens is 265 g/mol. The van der Waals surface area contributed by atoms with Crippen LogP contribution in [-0.4, -0.2) is 15.0 Å². The molecule has 2 heterocycles. The van der Waals surface area contributed by atoms with Crippen LogP contribution in [-0.2, 0) is 5.75 Å². The molecule has 6 heteroatoms. The van der Waals surface area contributed by atoms with Gasteiger partial charge in [-0.3, -0.25) is 4.98 Å². The zero-order valence-electron chi connectivity index (χ0n) is 8.10. The van der Waals surface area contributed by atoms with Gasteiger partial charge in [0.2, 0.25) is 0 Å². The Bertz CT molecular complexity index is 479. The molecule has 0 spiro atoms. The van der Waals surface area contributed by atoms with Crippen molar-refractivity contribution in [3.8, 4) is 0 Å². The molecule has 82 valence electrons. The average molecular weight is 272 g/mol. The van der Waals surface area contributed by atoms with Crippen molar-refractivity contribution in [2.45, 2.75) is 10.8 Å². The maximum atomic E-state index is 6.02. The highest BCUT2D eigenvalue weighted by molar-refractivity contribution is 7.98. The van der Waals surface area contributed by atoms with Gasteiger partial charge in [-0.1, -0.05) is 35.0 Å². The molecule has 0 radical (unpaired) electrons. The van der Waals surface area contributed by atoms with E-state index in [1.807, 2.05) is 0 Å². The highest BCUT2D eigenvalue weighted by Crippen LogP contribution is 2.25. The first kappa shape index (κ1) is 11.6. The van der Waals surface area contributed by atoms with Crippen LogP contribution in [0, 0.1) is 0 Å². The summed E-state index contributed by atoms with van der Waals surface area (Å²) in [4.78, 5) is 12.1. The summed E-state index contributed by atoms with van der Waals surface area (Å²) in [6.07, 6.45) is 6.68. The molecule has 0 fully saturated rings. The topological polar surface area (TPSA) is 38.7 Å². The highest BCUT2D eigenvalue weighted by atomic mass is 35.5. The van der Waals surface area contributed by atoms with Gasteiger partial charge in [0, 0.05) is 29.4 Å². The van der Waals surface area contributed by atoms with E-state index in [4.69, 9.17) is 23.2 Å². The van der Waals surface area contributed by atoms with Crippen molar-refractivity contribution in [1.82, 2.24) is 15.0 Å². The summed E-state index contributed by atoms with van der Waals surface area (Å²) in [7, 11) is 0. The zero-order valence-corrected chi connectivity index (χ0v) is 10.4. The van der Waals surface area contributed by atoms with Gasteiger partial charge < -0.3 is 0 Å². The standard InChI is InChI=1S/C10H7Cl2N3S/c11-8-3-9(12)15-4-7(8)6-16-10-5-13-1-2-14-10/h1-5H,6H2. The van der Waals surface area contributed by atoms with E-state index in [1.165, 1.54) is 0 Å². The number of halogens is 2. The molecular formula is C10H7Cl2N3S. The molecule has 0 saturated carbocycles. The van der Waals surface area contributed by atoms with Crippen LogP contribution in [0.5, 0.6) is 0 Å². The Labute approximate surface area is 107 Å². The molecule has 0 aliphatic heterocycles. The van der Waals surface area contributed by atoms with E-state index in [0.29, 0.717) is 15.9 Å². The highest BCUT2D eigenvalue weighted by Gasteiger charge is 2.03. The number of rotatable bonds is 3. The molecule has 2 aromatic heterocycles. The van der Waals surface area contributed by atoms with Gasteiger partial charge in [-0.25, -0.2) is 9.97 Å². The fourth-order valence-corrected chi connectivity index (χ4v) is 2.37. The van der Waals surface area contributed by atoms with Gasteiger partial charge in [-0.15, -0.1) is 0 Å². The summed E-state index contributed by atoms with van der Waals surface area (Å²) < 4.78 is 0. The van der Waals surface area contributed by atoms with E-state index in [2.05, 4.69) is 15.0 Å². The van der Waals surface area contributed by atoms with Crippen molar-refractivity contribution in [3.63, 3.8) is 0 Å². The lowest BCUT2D eigenvalue weighted by Gasteiger charge is -2.03. The predicted octanol–water partition coefficient (Wildman–Crippen LogP) is 3.47. The first-order valence-electron chi connectivity index (χ1n) is 4.44. The molecule has 0 aliphatic rings. The average Bonchev–Trinajstić information content (AvgIpc) is 2.29. The molecule has 2 rings (SSSR count). The Morgan fingerprint density at radius 3 is 2.69 bits per heavy atom. The van der Waals surface area contributed by atoms with Crippen molar-refractivity contribution < 1.29 is 0 Å². The molecule has 0 aliphatic carbocycles. The van der Waals surface area contributed by atoms with Crippen LogP contribution >= 0.6 is 35.0 Å². The number of hydrogen-bond acceptors (Lipinski definition) is 4. The number of thioether (sulfide) groups is 1.